The van der Waals surface area contributed by atoms with E-state index < -0.39 is 0 Å². The molecule has 0 atom stereocenters. The Labute approximate surface area is 104 Å². The maximum Gasteiger partial charge on any atom is 2.00 e. The second-order valence-corrected chi connectivity index (χ2v) is 3.05. The van der Waals surface area contributed by atoms with Gasteiger partial charge in [-0.1, -0.05) is 29.8 Å². The molecule has 2 rings (SSSR count). The van der Waals surface area contributed by atoms with Crippen LogP contribution in [-0.4, -0.2) is 36.3 Å². The Morgan fingerprint density at radius 2 is 1.62 bits per heavy atom. The Morgan fingerprint density at radius 3 is 1.85 bits per heavy atom. The normalized spacial score (nSPS) is 13.9. The average molecular weight is 211 g/mol. The van der Waals surface area contributed by atoms with Gasteiger partial charge in [-0.3, -0.25) is 0 Å². The minimum Gasteiger partial charge on any atom is -1.00 e. The van der Waals surface area contributed by atoms with Gasteiger partial charge < -0.3 is 7.59 Å². The van der Waals surface area contributed by atoms with E-state index >= 15 is 0 Å². The Balaban J connectivity index is -0.000000165. The van der Waals surface area contributed by atoms with Crippen molar-refractivity contribution in [3.05, 3.63) is 35.4 Å². The maximum atomic E-state index is 5.54. The minimum absolute atomic E-state index is 0. The number of hydrogen-bond acceptors (Lipinski definition) is 1. The summed E-state index contributed by atoms with van der Waals surface area (Å²) in [5.74, 6) is 0. The fourth-order valence-corrected chi connectivity index (χ4v) is 1.07. The van der Waals surface area contributed by atoms with Crippen molar-refractivity contribution in [1.29, 1.82) is 0 Å². The van der Waals surface area contributed by atoms with Crippen molar-refractivity contribution in [3.63, 3.8) is 0 Å². The van der Waals surface area contributed by atoms with Gasteiger partial charge in [0.1, 0.15) is 0 Å². The molecule has 1 fully saturated rings. The smallest absolute Gasteiger partial charge is 1.00 e. The van der Waals surface area contributed by atoms with Crippen LogP contribution in [0.2, 0.25) is 5.02 Å². The van der Waals surface area contributed by atoms with E-state index in [1.807, 2.05) is 30.3 Å². The third-order valence-corrected chi connectivity index (χ3v) is 1.81. The first-order valence-corrected chi connectivity index (χ1v) is 4.55. The van der Waals surface area contributed by atoms with Gasteiger partial charge in [-0.2, -0.15) is 0 Å². The van der Waals surface area contributed by atoms with Crippen molar-refractivity contribution >= 4 is 34.7 Å². The maximum absolute atomic E-state index is 5.54. The van der Waals surface area contributed by atoms with Crippen LogP contribution in [-0.2, 0) is 4.74 Å². The van der Waals surface area contributed by atoms with E-state index in [1.165, 1.54) is 12.8 Å². The summed E-state index contributed by atoms with van der Waals surface area (Å²) in [7, 11) is 0. The van der Waals surface area contributed by atoms with Crippen LogP contribution in [0.15, 0.2) is 30.3 Å². The van der Waals surface area contributed by atoms with E-state index in [-0.39, 0.29) is 25.9 Å². The van der Waals surface area contributed by atoms with Crippen molar-refractivity contribution in [1.82, 2.24) is 0 Å². The second-order valence-electron chi connectivity index (χ2n) is 2.62. The first-order chi connectivity index (χ1) is 5.89. The van der Waals surface area contributed by atoms with Crippen molar-refractivity contribution in [2.75, 3.05) is 13.2 Å². The molecule has 1 nitrogen and oxygen atoms in total. The Hall–Kier alpha value is 0.236. The molecule has 1 saturated heterocycles. The molecule has 1 aromatic rings. The summed E-state index contributed by atoms with van der Waals surface area (Å²) in [5.41, 5.74) is 0. The molecular weight excluding hydrogens is 196 g/mol. The predicted octanol–water partition coefficient (Wildman–Crippen LogP) is 2.98. The number of hydrogen-bond donors (Lipinski definition) is 0. The summed E-state index contributed by atoms with van der Waals surface area (Å²) >= 11 is 5.54. The standard InChI is InChI=1S/C6H5Cl.C4H8O.Mg.2H/c7-6-4-2-1-3-5-6;1-2-4-5-3-1;;;/h1-5H;1-4H2;;;/q;;+2;2*-1. The molecule has 0 amide bonds. The van der Waals surface area contributed by atoms with Crippen molar-refractivity contribution in [2.24, 2.45) is 0 Å². The molecule has 13 heavy (non-hydrogen) atoms. The van der Waals surface area contributed by atoms with Gasteiger partial charge in [0, 0.05) is 18.2 Å². The van der Waals surface area contributed by atoms with Crippen molar-refractivity contribution in [3.8, 4) is 0 Å². The summed E-state index contributed by atoms with van der Waals surface area (Å²) in [5, 5.41) is 0.794. The fraction of sp³-hybridized carbons (Fsp3) is 0.400. The molecule has 0 spiro atoms. The van der Waals surface area contributed by atoms with E-state index in [0.717, 1.165) is 18.2 Å². The third kappa shape index (κ3) is 7.32. The molecule has 0 saturated carbocycles. The van der Waals surface area contributed by atoms with E-state index in [1.54, 1.807) is 0 Å². The van der Waals surface area contributed by atoms with Gasteiger partial charge in [0.15, 0.2) is 0 Å². The molecule has 0 radical (unpaired) electrons. The molecule has 0 aromatic heterocycles. The van der Waals surface area contributed by atoms with Crippen LogP contribution in [0.1, 0.15) is 15.7 Å². The Bertz CT molecular complexity index is 200. The summed E-state index contributed by atoms with van der Waals surface area (Å²) in [6.45, 7) is 2.00. The zero-order valence-electron chi connectivity index (χ0n) is 9.71. The van der Waals surface area contributed by atoms with Crippen LogP contribution in [0.5, 0.6) is 0 Å². The summed E-state index contributed by atoms with van der Waals surface area (Å²) in [6, 6.07) is 9.44. The van der Waals surface area contributed by atoms with E-state index in [2.05, 4.69) is 0 Å². The van der Waals surface area contributed by atoms with Crippen LogP contribution in [0, 0.1) is 0 Å². The van der Waals surface area contributed by atoms with Crippen LogP contribution < -0.4 is 0 Å². The number of benzene rings is 1. The van der Waals surface area contributed by atoms with Gasteiger partial charge in [-0.05, 0) is 25.0 Å². The minimum atomic E-state index is 0. The van der Waals surface area contributed by atoms with Crippen LogP contribution in [0.25, 0.3) is 0 Å². The average Bonchev–Trinajstić information content (AvgIpc) is 2.62. The molecule has 1 aliphatic heterocycles. The Morgan fingerprint density at radius 1 is 1.08 bits per heavy atom. The first kappa shape index (κ1) is 13.2. The number of ether oxygens (including phenoxy) is 1. The number of halogens is 1. The van der Waals surface area contributed by atoms with E-state index in [9.17, 15) is 0 Å². The van der Waals surface area contributed by atoms with Crippen LogP contribution in [0.3, 0.4) is 0 Å². The van der Waals surface area contributed by atoms with E-state index in [4.69, 9.17) is 16.3 Å². The zero-order chi connectivity index (χ0) is 8.65. The summed E-state index contributed by atoms with van der Waals surface area (Å²) in [6.07, 6.45) is 2.56. The topological polar surface area (TPSA) is 9.23 Å². The quantitative estimate of drug-likeness (QED) is 0.599. The molecule has 3 heteroatoms. The van der Waals surface area contributed by atoms with Crippen LogP contribution in [0.4, 0.5) is 0 Å². The molecule has 1 heterocycles. The first-order valence-electron chi connectivity index (χ1n) is 4.18. The van der Waals surface area contributed by atoms with Gasteiger partial charge in [0.2, 0.25) is 0 Å². The zero-order valence-corrected chi connectivity index (χ0v) is 9.88. The van der Waals surface area contributed by atoms with Crippen molar-refractivity contribution in [2.45, 2.75) is 12.8 Å². The van der Waals surface area contributed by atoms with Crippen LogP contribution >= 0.6 is 11.6 Å². The monoisotopic (exact) mass is 210 g/mol. The fourth-order valence-electron chi connectivity index (χ4n) is 0.925. The molecule has 1 aliphatic rings. The molecular formula is C10H15ClMgO. The molecule has 1 aromatic carbocycles. The van der Waals surface area contributed by atoms with Gasteiger partial charge in [0.05, 0.1) is 0 Å². The van der Waals surface area contributed by atoms with Gasteiger partial charge >= 0.3 is 23.1 Å². The third-order valence-electron chi connectivity index (χ3n) is 1.56. The molecule has 0 N–H and O–H groups in total. The molecule has 70 valence electrons. The molecule has 0 bridgehead atoms. The number of rotatable bonds is 0. The second kappa shape index (κ2) is 8.82. The van der Waals surface area contributed by atoms with Gasteiger partial charge in [0.25, 0.3) is 0 Å². The largest absolute Gasteiger partial charge is 2.00 e. The summed E-state index contributed by atoms with van der Waals surface area (Å²) < 4.78 is 4.94. The predicted molar refractivity (Wildman–Crippen MR) is 59.5 cm³/mol. The van der Waals surface area contributed by atoms with Crippen molar-refractivity contribution < 1.29 is 7.59 Å². The molecule has 0 unspecified atom stereocenters. The van der Waals surface area contributed by atoms with E-state index in [0.29, 0.717) is 0 Å². The summed E-state index contributed by atoms with van der Waals surface area (Å²) in [4.78, 5) is 0. The Kier molecular flexibility index (Phi) is 8.98. The molecule has 0 aliphatic carbocycles. The SMILES string of the molecule is C1CCOC1.Clc1ccccc1.[H-].[H-].[Mg+2]. The van der Waals surface area contributed by atoms with Gasteiger partial charge in [-0.25, -0.2) is 0 Å². The van der Waals surface area contributed by atoms with Gasteiger partial charge in [-0.15, -0.1) is 0 Å².